The summed E-state index contributed by atoms with van der Waals surface area (Å²) in [6.45, 7) is 1.92. The van der Waals surface area contributed by atoms with Crippen LogP contribution in [0.15, 0.2) is 47.4 Å². The van der Waals surface area contributed by atoms with Gasteiger partial charge in [0.2, 0.25) is 0 Å². The molecule has 0 fully saturated rings. The molecule has 0 unspecified atom stereocenters. The quantitative estimate of drug-likeness (QED) is 0.465. The molecule has 0 heterocycles. The fraction of sp³-hybridized carbons (Fsp3) is 0.188. The highest BCUT2D eigenvalue weighted by atomic mass is 35.5. The van der Waals surface area contributed by atoms with E-state index in [9.17, 15) is 4.79 Å². The largest absolute Gasteiger partial charge is 0.497 e. The summed E-state index contributed by atoms with van der Waals surface area (Å²) < 4.78 is 10.4. The van der Waals surface area contributed by atoms with E-state index >= 15 is 0 Å². The Kier molecular flexibility index (Phi) is 5.53. The van der Waals surface area contributed by atoms with E-state index in [4.69, 9.17) is 21.1 Å². The molecule has 0 aliphatic rings. The van der Waals surface area contributed by atoms with Gasteiger partial charge in [-0.25, -0.2) is 0 Å². The maximum Gasteiger partial charge on any atom is 0.321 e. The summed E-state index contributed by atoms with van der Waals surface area (Å²) in [6, 6.07) is 12.8. The maximum atomic E-state index is 11.8. The first kappa shape index (κ1) is 15.7. The lowest BCUT2D eigenvalue weighted by Gasteiger charge is -2.07. The number of hydrogen-bond acceptors (Lipinski definition) is 4. The molecule has 0 bridgehead atoms. The van der Waals surface area contributed by atoms with Crippen LogP contribution in [-0.4, -0.2) is 18.8 Å². The topological polar surface area (TPSA) is 35.5 Å². The number of aryl methyl sites for hydroxylation is 1. The highest BCUT2D eigenvalue weighted by molar-refractivity contribution is 8.00. The van der Waals surface area contributed by atoms with E-state index in [-0.39, 0.29) is 11.7 Å². The summed E-state index contributed by atoms with van der Waals surface area (Å²) in [5.74, 6) is 1.07. The summed E-state index contributed by atoms with van der Waals surface area (Å²) in [5.41, 5.74) is 0.991. The van der Waals surface area contributed by atoms with Gasteiger partial charge in [-0.2, -0.15) is 0 Å². The number of thioether (sulfide) groups is 1. The smallest absolute Gasteiger partial charge is 0.321 e. The van der Waals surface area contributed by atoms with E-state index in [1.165, 1.54) is 11.8 Å². The van der Waals surface area contributed by atoms with E-state index < -0.39 is 0 Å². The minimum atomic E-state index is -0.330. The molecule has 0 saturated heterocycles. The number of hydrogen-bond donors (Lipinski definition) is 0. The summed E-state index contributed by atoms with van der Waals surface area (Å²) in [5, 5.41) is 0.434. The molecule has 0 radical (unpaired) electrons. The zero-order chi connectivity index (χ0) is 15.2. The maximum absolute atomic E-state index is 11.8. The zero-order valence-electron chi connectivity index (χ0n) is 11.8. The number of carbonyl (C=O) groups is 1. The van der Waals surface area contributed by atoms with Crippen LogP contribution >= 0.6 is 23.4 Å². The Bertz CT molecular complexity index is 626. The molecule has 0 N–H and O–H groups in total. The van der Waals surface area contributed by atoms with Crippen molar-refractivity contribution in [1.29, 1.82) is 0 Å². The van der Waals surface area contributed by atoms with Gasteiger partial charge in [-0.1, -0.05) is 17.7 Å². The predicted octanol–water partition coefficient (Wildman–Crippen LogP) is 4.35. The van der Waals surface area contributed by atoms with E-state index in [0.29, 0.717) is 10.8 Å². The zero-order valence-corrected chi connectivity index (χ0v) is 13.3. The number of rotatable bonds is 5. The third kappa shape index (κ3) is 4.69. The van der Waals surface area contributed by atoms with Crippen LogP contribution in [0.1, 0.15) is 5.56 Å². The second-order valence-electron chi connectivity index (χ2n) is 4.37. The monoisotopic (exact) mass is 322 g/mol. The fourth-order valence-corrected chi connectivity index (χ4v) is 2.48. The Balaban J connectivity index is 1.91. The number of benzene rings is 2. The Hall–Kier alpha value is -1.65. The van der Waals surface area contributed by atoms with Crippen LogP contribution in [0, 0.1) is 6.92 Å². The van der Waals surface area contributed by atoms with E-state index in [1.54, 1.807) is 19.2 Å². The first-order valence-electron chi connectivity index (χ1n) is 6.32. The second-order valence-corrected chi connectivity index (χ2v) is 5.83. The first-order valence-corrected chi connectivity index (χ1v) is 7.68. The van der Waals surface area contributed by atoms with Gasteiger partial charge in [0, 0.05) is 4.90 Å². The van der Waals surface area contributed by atoms with Gasteiger partial charge in [0.25, 0.3) is 0 Å². The molecule has 0 atom stereocenters. The van der Waals surface area contributed by atoms with Crippen molar-refractivity contribution in [3.63, 3.8) is 0 Å². The van der Waals surface area contributed by atoms with E-state index in [2.05, 4.69) is 0 Å². The van der Waals surface area contributed by atoms with Gasteiger partial charge in [-0.05, 0) is 48.9 Å². The van der Waals surface area contributed by atoms with Crippen molar-refractivity contribution in [3.05, 3.63) is 53.1 Å². The van der Waals surface area contributed by atoms with Crippen molar-refractivity contribution in [2.75, 3.05) is 12.9 Å². The third-order valence-electron chi connectivity index (χ3n) is 2.73. The number of halogens is 1. The third-order valence-corrected chi connectivity index (χ3v) is 4.02. The molecule has 3 nitrogen and oxygen atoms in total. The van der Waals surface area contributed by atoms with Gasteiger partial charge in [0.05, 0.1) is 17.9 Å². The molecular weight excluding hydrogens is 308 g/mol. The van der Waals surface area contributed by atoms with Crippen molar-refractivity contribution in [1.82, 2.24) is 0 Å². The highest BCUT2D eigenvalue weighted by Crippen LogP contribution is 2.26. The van der Waals surface area contributed by atoms with Gasteiger partial charge in [0.1, 0.15) is 11.5 Å². The van der Waals surface area contributed by atoms with Crippen LogP contribution in [0.2, 0.25) is 5.02 Å². The van der Waals surface area contributed by atoms with E-state index in [1.807, 2.05) is 37.3 Å². The van der Waals surface area contributed by atoms with Crippen LogP contribution in [0.5, 0.6) is 11.5 Å². The number of methoxy groups -OCH3 is 1. The molecule has 2 rings (SSSR count). The van der Waals surface area contributed by atoms with Crippen LogP contribution < -0.4 is 9.47 Å². The van der Waals surface area contributed by atoms with Crippen molar-refractivity contribution in [2.24, 2.45) is 0 Å². The van der Waals surface area contributed by atoms with Crippen LogP contribution in [-0.2, 0) is 4.79 Å². The summed E-state index contributed by atoms with van der Waals surface area (Å²) in [4.78, 5) is 12.8. The average molecular weight is 323 g/mol. The Morgan fingerprint density at radius 3 is 2.57 bits per heavy atom. The molecule has 0 aliphatic heterocycles. The van der Waals surface area contributed by atoms with Gasteiger partial charge in [-0.3, -0.25) is 4.79 Å². The van der Waals surface area contributed by atoms with Gasteiger partial charge >= 0.3 is 5.97 Å². The Morgan fingerprint density at radius 2 is 1.90 bits per heavy atom. The molecule has 0 spiro atoms. The molecule has 2 aromatic carbocycles. The molecular formula is C16H15ClO3S. The minimum Gasteiger partial charge on any atom is -0.497 e. The second kappa shape index (κ2) is 7.38. The van der Waals surface area contributed by atoms with Crippen LogP contribution in [0.4, 0.5) is 0 Å². The van der Waals surface area contributed by atoms with Gasteiger partial charge < -0.3 is 9.47 Å². The highest BCUT2D eigenvalue weighted by Gasteiger charge is 2.09. The molecule has 0 amide bonds. The fourth-order valence-electron chi connectivity index (χ4n) is 1.66. The number of ether oxygens (including phenoxy) is 2. The first-order chi connectivity index (χ1) is 10.1. The lowest BCUT2D eigenvalue weighted by Crippen LogP contribution is -2.11. The van der Waals surface area contributed by atoms with Crippen molar-refractivity contribution < 1.29 is 14.3 Å². The molecule has 5 heteroatoms. The summed E-state index contributed by atoms with van der Waals surface area (Å²) in [6.07, 6.45) is 0. The van der Waals surface area contributed by atoms with Crippen LogP contribution in [0.3, 0.4) is 0 Å². The number of esters is 1. The lowest BCUT2D eigenvalue weighted by atomic mass is 10.2. The standard InChI is InChI=1S/C16H15ClO3S/c1-11-3-8-14(17)15(9-11)20-16(18)10-21-13-6-4-12(19-2)5-7-13/h3-9H,10H2,1-2H3. The Morgan fingerprint density at radius 1 is 1.19 bits per heavy atom. The Labute approximate surface area is 133 Å². The number of carbonyl (C=O) groups excluding carboxylic acids is 1. The average Bonchev–Trinajstić information content (AvgIpc) is 2.49. The van der Waals surface area contributed by atoms with Gasteiger partial charge in [0.15, 0.2) is 0 Å². The molecule has 0 aromatic heterocycles. The van der Waals surface area contributed by atoms with E-state index in [0.717, 1.165) is 16.2 Å². The van der Waals surface area contributed by atoms with Gasteiger partial charge in [-0.15, -0.1) is 11.8 Å². The van der Waals surface area contributed by atoms with Crippen molar-refractivity contribution >= 4 is 29.3 Å². The summed E-state index contributed by atoms with van der Waals surface area (Å²) >= 11 is 7.40. The predicted molar refractivity (Wildman–Crippen MR) is 85.5 cm³/mol. The minimum absolute atomic E-state index is 0.219. The normalized spacial score (nSPS) is 10.2. The molecule has 21 heavy (non-hydrogen) atoms. The van der Waals surface area contributed by atoms with Crippen molar-refractivity contribution in [3.8, 4) is 11.5 Å². The SMILES string of the molecule is COc1ccc(SCC(=O)Oc2cc(C)ccc2Cl)cc1. The molecule has 0 saturated carbocycles. The summed E-state index contributed by atoms with van der Waals surface area (Å²) in [7, 11) is 1.62. The molecule has 0 aliphatic carbocycles. The molecule has 110 valence electrons. The lowest BCUT2D eigenvalue weighted by molar-refractivity contribution is -0.131. The van der Waals surface area contributed by atoms with Crippen molar-refractivity contribution in [2.45, 2.75) is 11.8 Å². The van der Waals surface area contributed by atoms with Crippen LogP contribution in [0.25, 0.3) is 0 Å². The molecule has 2 aromatic rings.